The lowest BCUT2D eigenvalue weighted by Gasteiger charge is -2.06. The van der Waals surface area contributed by atoms with Gasteiger partial charge in [0.05, 0.1) is 5.69 Å². The van der Waals surface area contributed by atoms with Crippen LogP contribution in [0.1, 0.15) is 11.1 Å². The Kier molecular flexibility index (Phi) is 4.18. The minimum atomic E-state index is -0.993. The van der Waals surface area contributed by atoms with Gasteiger partial charge in [-0.25, -0.2) is 0 Å². The SMILES string of the molecule is Cc1ccc(/N=C\c2ccccc2[S+](C)[O-])cc1. The van der Waals surface area contributed by atoms with Crippen LogP contribution >= 0.6 is 0 Å². The highest BCUT2D eigenvalue weighted by atomic mass is 32.2. The standard InChI is InChI=1S/C15H15NOS/c1-12-7-9-14(10-8-12)16-11-13-5-3-4-6-15(13)18(2)17/h3-11H,1-2H3/b16-11-. The molecule has 0 aromatic heterocycles. The highest BCUT2D eigenvalue weighted by Gasteiger charge is 2.08. The molecule has 0 radical (unpaired) electrons. The lowest BCUT2D eigenvalue weighted by Crippen LogP contribution is -2.01. The average Bonchev–Trinajstić information content (AvgIpc) is 2.38. The summed E-state index contributed by atoms with van der Waals surface area (Å²) in [4.78, 5) is 5.21. The van der Waals surface area contributed by atoms with Crippen molar-refractivity contribution in [3.8, 4) is 0 Å². The van der Waals surface area contributed by atoms with E-state index < -0.39 is 11.2 Å². The second-order valence-corrected chi connectivity index (χ2v) is 5.43. The first-order valence-corrected chi connectivity index (χ1v) is 7.26. The minimum absolute atomic E-state index is 0.813. The summed E-state index contributed by atoms with van der Waals surface area (Å²) in [6.45, 7) is 2.04. The van der Waals surface area contributed by atoms with Crippen LogP contribution in [0.2, 0.25) is 0 Å². The van der Waals surface area contributed by atoms with Crippen molar-refractivity contribution >= 4 is 23.1 Å². The second-order valence-electron chi connectivity index (χ2n) is 4.09. The average molecular weight is 257 g/mol. The Labute approximate surface area is 111 Å². The molecule has 0 aliphatic rings. The molecule has 2 aromatic carbocycles. The molecule has 0 aliphatic heterocycles. The highest BCUT2D eigenvalue weighted by molar-refractivity contribution is 7.90. The van der Waals surface area contributed by atoms with Crippen molar-refractivity contribution in [1.82, 2.24) is 0 Å². The van der Waals surface area contributed by atoms with Crippen LogP contribution in [-0.4, -0.2) is 17.0 Å². The molecule has 0 saturated heterocycles. The van der Waals surface area contributed by atoms with Crippen molar-refractivity contribution in [1.29, 1.82) is 0 Å². The number of nitrogens with zero attached hydrogens (tertiary/aromatic N) is 1. The summed E-state index contributed by atoms with van der Waals surface area (Å²) >= 11 is -0.993. The van der Waals surface area contributed by atoms with Gasteiger partial charge >= 0.3 is 0 Å². The van der Waals surface area contributed by atoms with E-state index in [-0.39, 0.29) is 0 Å². The number of aliphatic imine (C=N–C) groups is 1. The van der Waals surface area contributed by atoms with Crippen LogP contribution in [0.3, 0.4) is 0 Å². The minimum Gasteiger partial charge on any atom is -0.612 e. The Bertz CT molecular complexity index is 547. The molecule has 92 valence electrons. The Morgan fingerprint density at radius 3 is 2.39 bits per heavy atom. The predicted octanol–water partition coefficient (Wildman–Crippen LogP) is 3.48. The maximum absolute atomic E-state index is 11.6. The summed E-state index contributed by atoms with van der Waals surface area (Å²) in [7, 11) is 0. The van der Waals surface area contributed by atoms with E-state index in [4.69, 9.17) is 0 Å². The molecule has 2 rings (SSSR count). The first kappa shape index (κ1) is 12.9. The normalized spacial score (nSPS) is 12.8. The van der Waals surface area contributed by atoms with Gasteiger partial charge in [-0.15, -0.1) is 0 Å². The molecule has 0 N–H and O–H groups in total. The van der Waals surface area contributed by atoms with Crippen LogP contribution in [0, 0.1) is 6.92 Å². The summed E-state index contributed by atoms with van der Waals surface area (Å²) < 4.78 is 11.6. The summed E-state index contributed by atoms with van der Waals surface area (Å²) in [5.74, 6) is 0. The van der Waals surface area contributed by atoms with Gasteiger partial charge in [-0.05, 0) is 42.4 Å². The Hall–Kier alpha value is -1.58. The van der Waals surface area contributed by atoms with Crippen LogP contribution in [0.5, 0.6) is 0 Å². The third-order valence-corrected chi connectivity index (χ3v) is 3.61. The molecule has 0 bridgehead atoms. The van der Waals surface area contributed by atoms with E-state index >= 15 is 0 Å². The van der Waals surface area contributed by atoms with Crippen LogP contribution in [0.25, 0.3) is 0 Å². The monoisotopic (exact) mass is 257 g/mol. The largest absolute Gasteiger partial charge is 0.612 e. The number of rotatable bonds is 3. The van der Waals surface area contributed by atoms with Crippen LogP contribution < -0.4 is 0 Å². The maximum Gasteiger partial charge on any atom is 0.161 e. The third kappa shape index (κ3) is 3.22. The molecule has 0 heterocycles. The molecule has 3 heteroatoms. The molecule has 18 heavy (non-hydrogen) atoms. The van der Waals surface area contributed by atoms with Gasteiger partial charge in [0, 0.05) is 11.8 Å². The fraction of sp³-hybridized carbons (Fsp3) is 0.133. The Morgan fingerprint density at radius 1 is 1.06 bits per heavy atom. The first-order chi connectivity index (χ1) is 8.66. The zero-order chi connectivity index (χ0) is 13.0. The van der Waals surface area contributed by atoms with Crippen molar-refractivity contribution < 1.29 is 4.55 Å². The third-order valence-electron chi connectivity index (χ3n) is 2.62. The Morgan fingerprint density at radius 2 is 1.72 bits per heavy atom. The van der Waals surface area contributed by atoms with E-state index in [1.807, 2.05) is 55.5 Å². The van der Waals surface area contributed by atoms with Crippen LogP contribution in [0.4, 0.5) is 5.69 Å². The number of hydrogen-bond donors (Lipinski definition) is 0. The van der Waals surface area contributed by atoms with Gasteiger partial charge in [0.15, 0.2) is 4.90 Å². The van der Waals surface area contributed by atoms with Crippen molar-refractivity contribution in [3.05, 3.63) is 59.7 Å². The van der Waals surface area contributed by atoms with Crippen molar-refractivity contribution in [2.75, 3.05) is 6.26 Å². The number of benzene rings is 2. The molecule has 2 nitrogen and oxygen atoms in total. The quantitative estimate of drug-likeness (QED) is 0.612. The fourth-order valence-corrected chi connectivity index (χ4v) is 2.35. The van der Waals surface area contributed by atoms with Gasteiger partial charge in [0.1, 0.15) is 6.26 Å². The zero-order valence-corrected chi connectivity index (χ0v) is 11.3. The van der Waals surface area contributed by atoms with Crippen LogP contribution in [-0.2, 0) is 11.2 Å². The van der Waals surface area contributed by atoms with Crippen molar-refractivity contribution in [3.63, 3.8) is 0 Å². The summed E-state index contributed by atoms with van der Waals surface area (Å²) in [5.41, 5.74) is 3.01. The van der Waals surface area contributed by atoms with Crippen LogP contribution in [0.15, 0.2) is 58.4 Å². The van der Waals surface area contributed by atoms with Crippen molar-refractivity contribution in [2.24, 2.45) is 4.99 Å². The highest BCUT2D eigenvalue weighted by Crippen LogP contribution is 2.16. The van der Waals surface area contributed by atoms with Gasteiger partial charge in [0.25, 0.3) is 0 Å². The Balaban J connectivity index is 2.26. The molecular weight excluding hydrogens is 242 g/mol. The number of hydrogen-bond acceptors (Lipinski definition) is 2. The van der Waals surface area contributed by atoms with Gasteiger partial charge < -0.3 is 4.55 Å². The fourth-order valence-electron chi connectivity index (χ4n) is 1.62. The summed E-state index contributed by atoms with van der Waals surface area (Å²) in [6, 6.07) is 15.6. The second kappa shape index (κ2) is 5.85. The van der Waals surface area contributed by atoms with Gasteiger partial charge in [-0.1, -0.05) is 29.8 Å². The summed E-state index contributed by atoms with van der Waals surface area (Å²) in [6.07, 6.45) is 3.44. The summed E-state index contributed by atoms with van der Waals surface area (Å²) in [5, 5.41) is 0. The van der Waals surface area contributed by atoms with E-state index in [0.717, 1.165) is 16.1 Å². The lowest BCUT2D eigenvalue weighted by molar-refractivity contribution is 0.600. The van der Waals surface area contributed by atoms with Crippen molar-refractivity contribution in [2.45, 2.75) is 11.8 Å². The van der Waals surface area contributed by atoms with Gasteiger partial charge in [-0.3, -0.25) is 4.99 Å². The molecule has 0 fully saturated rings. The maximum atomic E-state index is 11.6. The zero-order valence-electron chi connectivity index (χ0n) is 10.5. The molecule has 0 spiro atoms. The molecule has 2 aromatic rings. The van der Waals surface area contributed by atoms with E-state index in [9.17, 15) is 4.55 Å². The van der Waals surface area contributed by atoms with E-state index in [1.54, 1.807) is 12.5 Å². The topological polar surface area (TPSA) is 35.4 Å². The smallest absolute Gasteiger partial charge is 0.161 e. The molecule has 0 aliphatic carbocycles. The van der Waals surface area contributed by atoms with E-state index in [2.05, 4.69) is 4.99 Å². The molecule has 0 amide bonds. The number of aryl methyl sites for hydroxylation is 1. The van der Waals surface area contributed by atoms with E-state index in [1.165, 1.54) is 5.56 Å². The van der Waals surface area contributed by atoms with Gasteiger partial charge in [0.2, 0.25) is 0 Å². The molecule has 1 unspecified atom stereocenters. The molecule has 0 saturated carbocycles. The van der Waals surface area contributed by atoms with Gasteiger partial charge in [-0.2, -0.15) is 0 Å². The predicted molar refractivity (Wildman–Crippen MR) is 77.2 cm³/mol. The van der Waals surface area contributed by atoms with E-state index in [0.29, 0.717) is 0 Å². The molecular formula is C15H15NOS. The molecule has 1 atom stereocenters. The first-order valence-electron chi connectivity index (χ1n) is 5.70. The lowest BCUT2D eigenvalue weighted by atomic mass is 10.2.